The minimum atomic E-state index is -3.17. The summed E-state index contributed by atoms with van der Waals surface area (Å²) in [5.41, 5.74) is 14.4. The maximum Gasteiger partial charge on any atom is 0.183 e. The largest absolute Gasteiger partial charge is 0.256 e. The molecule has 2 nitrogen and oxygen atoms in total. The maximum atomic E-state index is 4.86. The van der Waals surface area contributed by atoms with Gasteiger partial charge >= 0.3 is 0 Å². The SMILES string of the molecule is c1ccc(C2=C(c3ccccc3)[Si]3(C(c4ccccc4)=C2c2ccccc2)c2cc(-c4ccccn4)ccc2-c2ccc(-c4ccccn4)cc23)cc1. The van der Waals surface area contributed by atoms with Crippen molar-refractivity contribution < 1.29 is 0 Å². The monoisotopic (exact) mass is 690 g/mol. The molecule has 0 saturated carbocycles. The Morgan fingerprint density at radius 1 is 0.302 bits per heavy atom. The van der Waals surface area contributed by atoms with Crippen LogP contribution in [0.15, 0.2) is 207 Å². The third-order valence-electron chi connectivity index (χ3n) is 10.8. The molecule has 0 atom stereocenters. The van der Waals surface area contributed by atoms with Crippen LogP contribution in [0.2, 0.25) is 0 Å². The van der Waals surface area contributed by atoms with Crippen molar-refractivity contribution in [3.63, 3.8) is 0 Å². The summed E-state index contributed by atoms with van der Waals surface area (Å²) in [6.07, 6.45) is 3.79. The van der Waals surface area contributed by atoms with Crippen LogP contribution in [0.4, 0.5) is 0 Å². The minimum Gasteiger partial charge on any atom is -0.256 e. The van der Waals surface area contributed by atoms with E-state index >= 15 is 0 Å². The van der Waals surface area contributed by atoms with Gasteiger partial charge in [0.05, 0.1) is 11.4 Å². The van der Waals surface area contributed by atoms with E-state index < -0.39 is 8.07 Å². The van der Waals surface area contributed by atoms with Crippen LogP contribution in [-0.4, -0.2) is 18.0 Å². The molecule has 4 heterocycles. The van der Waals surface area contributed by atoms with Crippen LogP contribution in [0.25, 0.3) is 55.2 Å². The van der Waals surface area contributed by atoms with E-state index in [2.05, 4.69) is 182 Å². The Labute approximate surface area is 311 Å². The molecule has 6 aromatic carbocycles. The van der Waals surface area contributed by atoms with Crippen LogP contribution in [0.1, 0.15) is 22.3 Å². The molecule has 2 aliphatic rings. The molecule has 0 bridgehead atoms. The molecule has 248 valence electrons. The Hall–Kier alpha value is -6.68. The van der Waals surface area contributed by atoms with Gasteiger partial charge in [-0.15, -0.1) is 0 Å². The molecule has 8 aromatic rings. The van der Waals surface area contributed by atoms with Gasteiger partial charge in [0.1, 0.15) is 0 Å². The van der Waals surface area contributed by atoms with Crippen molar-refractivity contribution in [2.45, 2.75) is 0 Å². The first kappa shape index (κ1) is 31.1. The summed E-state index contributed by atoms with van der Waals surface area (Å²) in [4.78, 5) is 9.71. The molecule has 3 heteroatoms. The third-order valence-corrected chi connectivity index (χ3v) is 15.8. The van der Waals surface area contributed by atoms with E-state index in [4.69, 9.17) is 9.97 Å². The van der Waals surface area contributed by atoms with E-state index in [9.17, 15) is 0 Å². The van der Waals surface area contributed by atoms with Crippen LogP contribution < -0.4 is 10.4 Å². The van der Waals surface area contributed by atoms with Crippen LogP contribution in [0, 0.1) is 0 Å². The second-order valence-corrected chi connectivity index (χ2v) is 17.2. The lowest BCUT2D eigenvalue weighted by Gasteiger charge is -2.33. The summed E-state index contributed by atoms with van der Waals surface area (Å²) in [5, 5.41) is 5.62. The van der Waals surface area contributed by atoms with Gasteiger partial charge in [0.15, 0.2) is 8.07 Å². The molecule has 0 saturated heterocycles. The van der Waals surface area contributed by atoms with Gasteiger partial charge < -0.3 is 0 Å². The van der Waals surface area contributed by atoms with Crippen molar-refractivity contribution in [3.05, 3.63) is 229 Å². The molecule has 0 radical (unpaired) electrons. The smallest absolute Gasteiger partial charge is 0.183 e. The quantitative estimate of drug-likeness (QED) is 0.162. The van der Waals surface area contributed by atoms with Crippen LogP contribution in [0.5, 0.6) is 0 Å². The molecule has 2 aromatic heterocycles. The van der Waals surface area contributed by atoms with Gasteiger partial charge in [0, 0.05) is 23.5 Å². The Kier molecular flexibility index (Phi) is 7.52. The van der Waals surface area contributed by atoms with Crippen LogP contribution >= 0.6 is 0 Å². The van der Waals surface area contributed by atoms with Crippen molar-refractivity contribution in [1.29, 1.82) is 0 Å². The van der Waals surface area contributed by atoms with Gasteiger partial charge in [-0.3, -0.25) is 9.97 Å². The molecule has 0 fully saturated rings. The highest BCUT2D eigenvalue weighted by molar-refractivity contribution is 7.31. The van der Waals surface area contributed by atoms with Crippen molar-refractivity contribution in [2.24, 2.45) is 0 Å². The Morgan fingerprint density at radius 3 is 1.02 bits per heavy atom. The summed E-state index contributed by atoms with van der Waals surface area (Å²) in [7, 11) is -3.17. The lowest BCUT2D eigenvalue weighted by Crippen LogP contribution is -2.57. The molecular formula is C50H34N2Si. The lowest BCUT2D eigenvalue weighted by atomic mass is 9.89. The molecule has 0 N–H and O–H groups in total. The van der Waals surface area contributed by atoms with E-state index in [-0.39, 0.29) is 0 Å². The molecule has 0 aliphatic carbocycles. The zero-order valence-corrected chi connectivity index (χ0v) is 30.0. The van der Waals surface area contributed by atoms with Gasteiger partial charge in [0.25, 0.3) is 0 Å². The average Bonchev–Trinajstić information content (AvgIpc) is 3.72. The average molecular weight is 691 g/mol. The zero-order chi connectivity index (χ0) is 35.2. The molecule has 2 aliphatic heterocycles. The number of nitrogens with zero attached hydrogens (tertiary/aromatic N) is 2. The first-order chi connectivity index (χ1) is 26.3. The normalized spacial score (nSPS) is 14.0. The molecular weight excluding hydrogens is 657 g/mol. The fourth-order valence-electron chi connectivity index (χ4n) is 8.72. The molecule has 0 amide bonds. The first-order valence-electron chi connectivity index (χ1n) is 18.2. The van der Waals surface area contributed by atoms with Crippen molar-refractivity contribution in [3.8, 4) is 33.6 Å². The Morgan fingerprint density at radius 2 is 0.660 bits per heavy atom. The van der Waals surface area contributed by atoms with Crippen molar-refractivity contribution in [1.82, 2.24) is 9.97 Å². The van der Waals surface area contributed by atoms with Gasteiger partial charge in [-0.05, 0) is 89.6 Å². The minimum absolute atomic E-state index is 0.977. The second-order valence-electron chi connectivity index (χ2n) is 13.7. The van der Waals surface area contributed by atoms with E-state index in [0.717, 1.165) is 22.5 Å². The number of aromatic nitrogens is 2. The van der Waals surface area contributed by atoms with E-state index in [1.165, 1.54) is 65.3 Å². The summed E-state index contributed by atoms with van der Waals surface area (Å²) >= 11 is 0. The predicted octanol–water partition coefficient (Wildman–Crippen LogP) is 10.7. The topological polar surface area (TPSA) is 25.8 Å². The van der Waals surface area contributed by atoms with Gasteiger partial charge in [-0.2, -0.15) is 0 Å². The van der Waals surface area contributed by atoms with Crippen LogP contribution in [-0.2, 0) is 0 Å². The molecule has 1 spiro atoms. The maximum absolute atomic E-state index is 4.86. The van der Waals surface area contributed by atoms with E-state index in [1.807, 2.05) is 24.5 Å². The number of benzene rings is 6. The predicted molar refractivity (Wildman–Crippen MR) is 223 cm³/mol. The third kappa shape index (κ3) is 4.93. The van der Waals surface area contributed by atoms with Crippen molar-refractivity contribution in [2.75, 3.05) is 0 Å². The number of hydrogen-bond acceptors (Lipinski definition) is 2. The van der Waals surface area contributed by atoms with E-state index in [0.29, 0.717) is 0 Å². The first-order valence-corrected chi connectivity index (χ1v) is 20.2. The fourth-order valence-corrected chi connectivity index (χ4v) is 14.8. The van der Waals surface area contributed by atoms with E-state index in [1.54, 1.807) is 0 Å². The van der Waals surface area contributed by atoms with Crippen LogP contribution in [0.3, 0.4) is 0 Å². The second kappa shape index (κ2) is 12.8. The van der Waals surface area contributed by atoms with Crippen molar-refractivity contribution >= 4 is 40.0 Å². The standard InChI is InChI=1S/C50H34N2Si/c1-5-17-35(18-6-1)47-48(36-19-7-2-8-20-36)50(38-23-11-4-12-24-38)53(49(47)37-21-9-3-10-22-37)45-33-39(43-25-13-15-31-51-43)27-29-41(45)42-30-28-40(34-46(42)53)44-26-14-16-32-52-44/h1-34H. The summed E-state index contributed by atoms with van der Waals surface area (Å²) in [6, 6.07) is 71.1. The van der Waals surface area contributed by atoms with Gasteiger partial charge in [0.2, 0.25) is 0 Å². The summed E-state index contributed by atoms with van der Waals surface area (Å²) in [6.45, 7) is 0. The highest BCUT2D eigenvalue weighted by Gasteiger charge is 2.57. The highest BCUT2D eigenvalue weighted by Crippen LogP contribution is 2.58. The van der Waals surface area contributed by atoms with Gasteiger partial charge in [-0.1, -0.05) is 170 Å². The number of allylic oxidation sites excluding steroid dienone is 2. The number of rotatable bonds is 6. The fraction of sp³-hybridized carbons (Fsp3) is 0. The lowest BCUT2D eigenvalue weighted by molar-refractivity contribution is 1.33. The summed E-state index contributed by atoms with van der Waals surface area (Å²) in [5.74, 6) is 0. The summed E-state index contributed by atoms with van der Waals surface area (Å²) < 4.78 is 0. The number of fused-ring (bicyclic) bond motifs is 5. The molecule has 10 rings (SSSR count). The Balaban J connectivity index is 1.45. The Bertz CT molecular complexity index is 2480. The van der Waals surface area contributed by atoms with Gasteiger partial charge in [-0.25, -0.2) is 0 Å². The zero-order valence-electron chi connectivity index (χ0n) is 29.0. The molecule has 0 unspecified atom stereocenters. The highest BCUT2D eigenvalue weighted by atomic mass is 28.3. The number of hydrogen-bond donors (Lipinski definition) is 0. The molecule has 53 heavy (non-hydrogen) atoms. The number of pyridine rings is 2.